The van der Waals surface area contributed by atoms with Crippen molar-refractivity contribution < 1.29 is 93.2 Å². The Labute approximate surface area is 757 Å². The van der Waals surface area contributed by atoms with Gasteiger partial charge >= 0.3 is 0 Å². The maximum absolute atomic E-state index is 14.5. The summed E-state index contributed by atoms with van der Waals surface area (Å²) < 4.78 is 109. The first-order valence-electron chi connectivity index (χ1n) is 42.4. The second kappa shape index (κ2) is 43.5. The number of furan rings is 4. The molecule has 0 aliphatic heterocycles. The Morgan fingerprint density at radius 1 is 0.381 bits per heavy atom. The largest absolute Gasteiger partial charge is 0.483 e. The fraction of sp³-hybridized carbons (Fsp3) is 0.267. The van der Waals surface area contributed by atoms with E-state index in [1.807, 2.05) is 27.7 Å². The average Bonchev–Trinajstić information content (AvgIpc) is 1.64. The van der Waals surface area contributed by atoms with Crippen molar-refractivity contribution in [3.05, 3.63) is 243 Å². The van der Waals surface area contributed by atoms with Gasteiger partial charge in [-0.15, -0.1) is 0 Å². The first kappa shape index (κ1) is 92.5. The van der Waals surface area contributed by atoms with Crippen LogP contribution in [0, 0.1) is 23.5 Å². The third kappa shape index (κ3) is 22.3. The van der Waals surface area contributed by atoms with Crippen LogP contribution in [0.15, 0.2) is 214 Å². The SMILES string of the molecule is CCOC1CC(n2cc(NC(=O)c3ccc(-c4cn[nH]c4)o3)c(-c3cccc(F)n3)n2)C1.CCOC1CC(n2cc(NC(=O)c3ccc(-c4cn[nH]c4)o3)c(-c3cccc(F)n3)n2)C1.CCOC1CC(n2cc(NC(=O)c3ccc(-c4cn[nH]c4)o3)c(-c3ncccc3F)n2)C1.CCOC1CC(n2cc(NC(=O)c3ccc(-c4cn[nH]c4)o3)c(-c3ncccc3F)n2)C1.O=CO.O=CO. The van der Waals surface area contributed by atoms with Crippen molar-refractivity contribution in [3.63, 3.8) is 0 Å². The van der Waals surface area contributed by atoms with E-state index >= 15 is 0 Å². The van der Waals surface area contributed by atoms with Crippen molar-refractivity contribution in [1.29, 1.82) is 0 Å². The van der Waals surface area contributed by atoms with Crippen LogP contribution in [0.25, 0.3) is 90.8 Å². The van der Waals surface area contributed by atoms with E-state index in [-0.39, 0.29) is 107 Å². The number of anilines is 4. The maximum Gasteiger partial charge on any atom is 0.291 e. The summed E-state index contributed by atoms with van der Waals surface area (Å²) in [6.07, 6.45) is 30.2. The quantitative estimate of drug-likeness (QED) is 0.0124. The minimum absolute atomic E-state index is 0.0702. The highest BCUT2D eigenvalue weighted by molar-refractivity contribution is 6.07. The van der Waals surface area contributed by atoms with E-state index in [4.69, 9.17) is 56.4 Å². The predicted molar refractivity (Wildman–Crippen MR) is 471 cm³/mol. The molecule has 0 bridgehead atoms. The average molecular weight is 1840 g/mol. The van der Waals surface area contributed by atoms with E-state index in [1.54, 1.807) is 166 Å². The molecule has 44 heteroatoms. The van der Waals surface area contributed by atoms with E-state index in [2.05, 4.69) is 102 Å². The van der Waals surface area contributed by atoms with Gasteiger partial charge in [0.1, 0.15) is 57.2 Å². The lowest BCUT2D eigenvalue weighted by molar-refractivity contribution is -0.123. The summed E-state index contributed by atoms with van der Waals surface area (Å²) in [7, 11) is 0. The monoisotopic (exact) mass is 1840 g/mol. The molecule has 10 N–H and O–H groups in total. The molecule has 20 rings (SSSR count). The molecule has 0 spiro atoms. The van der Waals surface area contributed by atoms with Gasteiger partial charge in [0.2, 0.25) is 11.9 Å². The molecule has 0 atom stereocenters. The van der Waals surface area contributed by atoms with Crippen LogP contribution in [0.4, 0.5) is 40.3 Å². The molecular formula is C90H88F4N24O16. The van der Waals surface area contributed by atoms with Crippen LogP contribution in [-0.2, 0) is 28.5 Å². The van der Waals surface area contributed by atoms with Gasteiger partial charge in [0.25, 0.3) is 36.6 Å². The molecule has 692 valence electrons. The van der Waals surface area contributed by atoms with E-state index in [0.717, 1.165) is 73.6 Å². The molecule has 16 aromatic rings. The number of carboxylic acid groups (broad SMARTS) is 2. The van der Waals surface area contributed by atoms with Gasteiger partial charge in [-0.2, -0.15) is 49.6 Å². The zero-order chi connectivity index (χ0) is 93.7. The fourth-order valence-corrected chi connectivity index (χ4v) is 14.9. The van der Waals surface area contributed by atoms with Gasteiger partial charge in [-0.3, -0.25) is 77.9 Å². The van der Waals surface area contributed by atoms with Crippen molar-refractivity contribution in [2.75, 3.05) is 47.7 Å². The molecule has 0 unspecified atom stereocenters. The molecule has 4 saturated carbocycles. The number of pyridine rings is 4. The lowest BCUT2D eigenvalue weighted by atomic mass is 9.89. The highest BCUT2D eigenvalue weighted by atomic mass is 19.1. The number of hydrogen-bond acceptors (Lipinski definition) is 26. The van der Waals surface area contributed by atoms with Gasteiger partial charge in [0, 0.05) is 88.4 Å². The summed E-state index contributed by atoms with van der Waals surface area (Å²) >= 11 is 0. The number of H-pyrrole nitrogens is 4. The Balaban J connectivity index is 0.000000133. The summed E-state index contributed by atoms with van der Waals surface area (Å²) in [5, 5.41) is 69.7. The molecule has 4 aliphatic rings. The van der Waals surface area contributed by atoms with Gasteiger partial charge in [-0.1, -0.05) is 12.1 Å². The second-order valence-corrected chi connectivity index (χ2v) is 30.3. The summed E-state index contributed by atoms with van der Waals surface area (Å²) in [6.45, 7) is 10.0. The Kier molecular flexibility index (Phi) is 30.0. The molecule has 4 amide bonds. The van der Waals surface area contributed by atoms with Crippen LogP contribution in [0.5, 0.6) is 0 Å². The normalized spacial score (nSPS) is 17.2. The van der Waals surface area contributed by atoms with Crippen LogP contribution in [-0.4, -0.2) is 197 Å². The smallest absolute Gasteiger partial charge is 0.291 e. The molecule has 16 aromatic heterocycles. The molecular weight excluding hydrogens is 1750 g/mol. The third-order valence-electron chi connectivity index (χ3n) is 21.6. The summed E-state index contributed by atoms with van der Waals surface area (Å²) in [5.74, 6) is -1.59. The minimum Gasteiger partial charge on any atom is -0.483 e. The molecule has 0 aromatic carbocycles. The first-order valence-corrected chi connectivity index (χ1v) is 42.4. The number of hydrogen-bond donors (Lipinski definition) is 10. The highest BCUT2D eigenvalue weighted by Crippen LogP contribution is 2.43. The number of nitrogens with one attached hydrogen (secondary N) is 8. The number of aromatic nitrogens is 20. The number of carbonyl (C=O) groups excluding carboxylic acids is 4. The summed E-state index contributed by atoms with van der Waals surface area (Å²) in [5.41, 5.74) is 6.58. The summed E-state index contributed by atoms with van der Waals surface area (Å²) in [4.78, 5) is 84.3. The Bertz CT molecular complexity index is 6180. The van der Waals surface area contributed by atoms with E-state index in [0.29, 0.717) is 95.0 Å². The Morgan fingerprint density at radius 3 is 0.881 bits per heavy atom. The van der Waals surface area contributed by atoms with Gasteiger partial charge < -0.3 is 68.1 Å². The molecule has 134 heavy (non-hydrogen) atoms. The maximum atomic E-state index is 14.5. The van der Waals surface area contributed by atoms with Crippen molar-refractivity contribution in [2.45, 2.75) is 128 Å². The first-order chi connectivity index (χ1) is 65.3. The lowest BCUT2D eigenvalue weighted by Crippen LogP contribution is -2.33. The zero-order valence-electron chi connectivity index (χ0n) is 72.0. The number of carbonyl (C=O) groups is 6. The van der Waals surface area contributed by atoms with Gasteiger partial charge in [-0.25, -0.2) is 18.7 Å². The Morgan fingerprint density at radius 2 is 0.642 bits per heavy atom. The third-order valence-corrected chi connectivity index (χ3v) is 21.6. The molecule has 4 aliphatic carbocycles. The molecule has 40 nitrogen and oxygen atoms in total. The predicted octanol–water partition coefficient (Wildman–Crippen LogP) is 15.6. The van der Waals surface area contributed by atoms with Gasteiger partial charge in [0.15, 0.2) is 34.7 Å². The van der Waals surface area contributed by atoms with Crippen LogP contribution in [0.2, 0.25) is 0 Å². The number of rotatable bonds is 28. The number of nitrogens with zero attached hydrogens (tertiary/aromatic N) is 16. The number of ether oxygens (including phenoxy) is 4. The highest BCUT2D eigenvalue weighted by Gasteiger charge is 2.38. The molecule has 4 fully saturated rings. The summed E-state index contributed by atoms with van der Waals surface area (Å²) in [6, 6.07) is 28.1. The van der Waals surface area contributed by atoms with Crippen LogP contribution in [0.3, 0.4) is 0 Å². The number of amides is 4. The number of aromatic amines is 4. The van der Waals surface area contributed by atoms with Crippen molar-refractivity contribution in [2.24, 2.45) is 0 Å². The van der Waals surface area contributed by atoms with Crippen LogP contribution < -0.4 is 21.3 Å². The molecule has 0 saturated heterocycles. The van der Waals surface area contributed by atoms with Crippen molar-refractivity contribution in [3.8, 4) is 90.8 Å². The van der Waals surface area contributed by atoms with E-state index in [1.165, 1.54) is 48.8 Å². The van der Waals surface area contributed by atoms with Crippen LogP contribution >= 0.6 is 0 Å². The lowest BCUT2D eigenvalue weighted by Gasteiger charge is -2.34. The van der Waals surface area contributed by atoms with E-state index in [9.17, 15) is 36.7 Å². The Hall–Kier alpha value is -16.2. The molecule has 16 heterocycles. The second-order valence-electron chi connectivity index (χ2n) is 30.3. The van der Waals surface area contributed by atoms with Crippen LogP contribution in [0.1, 0.15) is 145 Å². The zero-order valence-corrected chi connectivity index (χ0v) is 72.0. The standard InChI is InChI=1S/4C22H21FN6O3.2CH2O2/c2*1-2-31-15-8-14(9-15)29-12-17(21(28-29)20-16(23)4-3-7-24-20)27-22(30)19-6-5-18(32-19)13-10-25-26-11-13;2*1-2-31-15-8-14(9-15)29-12-17(21(28-29)16-4-3-5-20(23)26-16)27-22(30)19-7-6-18(32-19)13-10-24-25-11-13;2*2-1-3/h2*3-7,10-12,14-15H,2,8-9H2,1H3,(H,25,26)(H,27,30);2*3-7,10-12,14-15H,2,8-9H2,1H3,(H,24,25)(H,27,30);2*1H,(H,2,3). The van der Waals surface area contributed by atoms with Gasteiger partial charge in [-0.05, 0) is 176 Å². The fourth-order valence-electron chi connectivity index (χ4n) is 14.9. The van der Waals surface area contributed by atoms with Crippen molar-refractivity contribution in [1.82, 2.24) is 99.8 Å². The molecule has 0 radical (unpaired) electrons. The minimum atomic E-state index is -0.620. The van der Waals surface area contributed by atoms with Crippen molar-refractivity contribution >= 4 is 59.3 Å². The topological polar surface area (TPSA) is 518 Å². The van der Waals surface area contributed by atoms with Gasteiger partial charge in [0.05, 0.1) is 130 Å². The van der Waals surface area contributed by atoms with E-state index < -0.39 is 47.2 Å². The number of halogens is 4.